The van der Waals surface area contributed by atoms with E-state index in [1.807, 2.05) is 13.8 Å². The number of carbonyl (C=O) groups is 2. The van der Waals surface area contributed by atoms with Crippen LogP contribution in [-0.2, 0) is 0 Å². The molecule has 0 saturated heterocycles. The summed E-state index contributed by atoms with van der Waals surface area (Å²) in [7, 11) is 0. The quantitative estimate of drug-likeness (QED) is 0.734. The van der Waals surface area contributed by atoms with Crippen LogP contribution in [0.25, 0.3) is 0 Å². The fraction of sp³-hybridized carbons (Fsp3) is 0.467. The minimum absolute atomic E-state index is 0.0750. The summed E-state index contributed by atoms with van der Waals surface area (Å²) in [6, 6.07) is 6.56. The van der Waals surface area contributed by atoms with Crippen LogP contribution in [0.15, 0.2) is 24.3 Å². The summed E-state index contributed by atoms with van der Waals surface area (Å²) in [5.74, 6) is -0.359. The SMILES string of the molecule is CC(O)CCNC(=O)c1ccc(C(=O)NC(C)C)cc1. The van der Waals surface area contributed by atoms with E-state index in [-0.39, 0.29) is 17.9 Å². The molecule has 1 atom stereocenters. The smallest absolute Gasteiger partial charge is 0.251 e. The Kier molecular flexibility index (Phi) is 6.18. The highest BCUT2D eigenvalue weighted by atomic mass is 16.3. The van der Waals surface area contributed by atoms with E-state index in [0.717, 1.165) is 0 Å². The number of hydrogen-bond donors (Lipinski definition) is 3. The van der Waals surface area contributed by atoms with Crippen LogP contribution < -0.4 is 10.6 Å². The molecule has 0 aliphatic carbocycles. The van der Waals surface area contributed by atoms with Crippen molar-refractivity contribution in [2.75, 3.05) is 6.54 Å². The van der Waals surface area contributed by atoms with Crippen LogP contribution in [-0.4, -0.2) is 35.6 Å². The molecular formula is C15H22N2O3. The third kappa shape index (κ3) is 5.40. The van der Waals surface area contributed by atoms with Gasteiger partial charge in [-0.3, -0.25) is 9.59 Å². The van der Waals surface area contributed by atoms with Crippen molar-refractivity contribution in [3.05, 3.63) is 35.4 Å². The van der Waals surface area contributed by atoms with E-state index in [0.29, 0.717) is 24.1 Å². The fourth-order valence-electron chi connectivity index (χ4n) is 1.62. The third-order valence-corrected chi connectivity index (χ3v) is 2.68. The first-order valence-electron chi connectivity index (χ1n) is 6.77. The van der Waals surface area contributed by atoms with Gasteiger partial charge in [0.1, 0.15) is 0 Å². The number of aliphatic hydroxyl groups excluding tert-OH is 1. The third-order valence-electron chi connectivity index (χ3n) is 2.68. The summed E-state index contributed by atoms with van der Waals surface area (Å²) >= 11 is 0. The van der Waals surface area contributed by atoms with E-state index in [2.05, 4.69) is 10.6 Å². The Morgan fingerprint density at radius 3 is 2.00 bits per heavy atom. The lowest BCUT2D eigenvalue weighted by molar-refractivity contribution is 0.0931. The van der Waals surface area contributed by atoms with Gasteiger partial charge in [-0.05, 0) is 51.5 Å². The van der Waals surface area contributed by atoms with Crippen LogP contribution in [0.4, 0.5) is 0 Å². The van der Waals surface area contributed by atoms with Crippen molar-refractivity contribution in [3.8, 4) is 0 Å². The van der Waals surface area contributed by atoms with Gasteiger partial charge < -0.3 is 15.7 Å². The average Bonchev–Trinajstić information content (AvgIpc) is 2.37. The number of hydrogen-bond acceptors (Lipinski definition) is 3. The molecule has 1 aromatic carbocycles. The average molecular weight is 278 g/mol. The Bertz CT molecular complexity index is 453. The van der Waals surface area contributed by atoms with Crippen LogP contribution >= 0.6 is 0 Å². The molecule has 1 unspecified atom stereocenters. The Labute approximate surface area is 119 Å². The summed E-state index contributed by atoms with van der Waals surface area (Å²) in [4.78, 5) is 23.5. The Hall–Kier alpha value is -1.88. The highest BCUT2D eigenvalue weighted by molar-refractivity contribution is 5.97. The van der Waals surface area contributed by atoms with Gasteiger partial charge in [0, 0.05) is 23.7 Å². The van der Waals surface area contributed by atoms with Gasteiger partial charge in [0.15, 0.2) is 0 Å². The fourth-order valence-corrected chi connectivity index (χ4v) is 1.62. The van der Waals surface area contributed by atoms with Crippen LogP contribution in [0.1, 0.15) is 47.9 Å². The first kappa shape index (κ1) is 16.2. The molecule has 5 nitrogen and oxygen atoms in total. The second-order valence-electron chi connectivity index (χ2n) is 5.10. The first-order chi connectivity index (χ1) is 9.40. The van der Waals surface area contributed by atoms with Crippen molar-refractivity contribution >= 4 is 11.8 Å². The van der Waals surface area contributed by atoms with Crippen molar-refractivity contribution in [1.82, 2.24) is 10.6 Å². The van der Waals surface area contributed by atoms with Gasteiger partial charge in [0.2, 0.25) is 0 Å². The second kappa shape index (κ2) is 7.65. The van der Waals surface area contributed by atoms with Gasteiger partial charge in [-0.15, -0.1) is 0 Å². The molecule has 0 saturated carbocycles. The molecule has 1 rings (SSSR count). The molecular weight excluding hydrogens is 256 g/mol. The first-order valence-corrected chi connectivity index (χ1v) is 6.77. The lowest BCUT2D eigenvalue weighted by atomic mass is 10.1. The topological polar surface area (TPSA) is 78.4 Å². The number of aliphatic hydroxyl groups is 1. The van der Waals surface area contributed by atoms with Crippen molar-refractivity contribution < 1.29 is 14.7 Å². The van der Waals surface area contributed by atoms with Gasteiger partial charge in [-0.2, -0.15) is 0 Å². The lowest BCUT2D eigenvalue weighted by Crippen LogP contribution is -2.30. The predicted octanol–water partition coefficient (Wildman–Crippen LogP) is 1.33. The number of nitrogens with one attached hydrogen (secondary N) is 2. The normalized spacial score (nSPS) is 12.1. The zero-order valence-corrected chi connectivity index (χ0v) is 12.1. The zero-order valence-electron chi connectivity index (χ0n) is 12.1. The maximum atomic E-state index is 11.8. The highest BCUT2D eigenvalue weighted by Crippen LogP contribution is 2.05. The monoisotopic (exact) mass is 278 g/mol. The van der Waals surface area contributed by atoms with E-state index < -0.39 is 6.10 Å². The van der Waals surface area contributed by atoms with Gasteiger partial charge in [-0.1, -0.05) is 0 Å². The molecule has 0 heterocycles. The van der Waals surface area contributed by atoms with E-state index in [4.69, 9.17) is 5.11 Å². The lowest BCUT2D eigenvalue weighted by Gasteiger charge is -2.09. The molecule has 0 spiro atoms. The summed E-state index contributed by atoms with van der Waals surface area (Å²) in [6.45, 7) is 5.88. The molecule has 1 aromatic rings. The van der Waals surface area contributed by atoms with Crippen molar-refractivity contribution in [2.45, 2.75) is 39.3 Å². The molecule has 0 aromatic heterocycles. The Morgan fingerprint density at radius 2 is 1.55 bits per heavy atom. The largest absolute Gasteiger partial charge is 0.393 e. The molecule has 5 heteroatoms. The van der Waals surface area contributed by atoms with Crippen molar-refractivity contribution in [3.63, 3.8) is 0 Å². The van der Waals surface area contributed by atoms with Crippen molar-refractivity contribution in [2.24, 2.45) is 0 Å². The standard InChI is InChI=1S/C15H22N2O3/c1-10(2)17-15(20)13-6-4-12(5-7-13)14(19)16-9-8-11(3)18/h4-7,10-11,18H,8-9H2,1-3H3,(H,16,19)(H,17,20). The highest BCUT2D eigenvalue weighted by Gasteiger charge is 2.09. The van der Waals surface area contributed by atoms with Crippen LogP contribution in [0.2, 0.25) is 0 Å². The van der Waals surface area contributed by atoms with E-state index in [1.165, 1.54) is 0 Å². The van der Waals surface area contributed by atoms with Gasteiger partial charge in [0.05, 0.1) is 6.10 Å². The molecule has 110 valence electrons. The molecule has 0 radical (unpaired) electrons. The molecule has 0 aliphatic rings. The zero-order chi connectivity index (χ0) is 15.1. The maximum absolute atomic E-state index is 11.8. The molecule has 0 aliphatic heterocycles. The molecule has 3 N–H and O–H groups in total. The minimum atomic E-state index is -0.433. The summed E-state index contributed by atoms with van der Waals surface area (Å²) < 4.78 is 0. The van der Waals surface area contributed by atoms with E-state index in [9.17, 15) is 9.59 Å². The molecule has 0 bridgehead atoms. The number of amides is 2. The van der Waals surface area contributed by atoms with E-state index >= 15 is 0 Å². The van der Waals surface area contributed by atoms with Crippen LogP contribution in [0.5, 0.6) is 0 Å². The Balaban J connectivity index is 2.57. The van der Waals surface area contributed by atoms with Crippen molar-refractivity contribution in [1.29, 1.82) is 0 Å². The van der Waals surface area contributed by atoms with Crippen LogP contribution in [0, 0.1) is 0 Å². The van der Waals surface area contributed by atoms with Gasteiger partial charge in [-0.25, -0.2) is 0 Å². The maximum Gasteiger partial charge on any atom is 0.251 e. The predicted molar refractivity (Wildman–Crippen MR) is 77.7 cm³/mol. The number of carbonyl (C=O) groups excluding carboxylic acids is 2. The molecule has 2 amide bonds. The molecule has 20 heavy (non-hydrogen) atoms. The molecule has 0 fully saturated rings. The number of benzene rings is 1. The second-order valence-corrected chi connectivity index (χ2v) is 5.10. The summed E-state index contributed by atoms with van der Waals surface area (Å²) in [5, 5.41) is 14.6. The number of rotatable bonds is 6. The van der Waals surface area contributed by atoms with Crippen LogP contribution in [0.3, 0.4) is 0 Å². The summed E-state index contributed by atoms with van der Waals surface area (Å²) in [6.07, 6.45) is 0.0815. The Morgan fingerprint density at radius 1 is 1.05 bits per heavy atom. The van der Waals surface area contributed by atoms with Gasteiger partial charge >= 0.3 is 0 Å². The summed E-state index contributed by atoms with van der Waals surface area (Å²) in [5.41, 5.74) is 1.02. The van der Waals surface area contributed by atoms with E-state index in [1.54, 1.807) is 31.2 Å². The minimum Gasteiger partial charge on any atom is -0.393 e. The van der Waals surface area contributed by atoms with Gasteiger partial charge in [0.25, 0.3) is 11.8 Å².